The number of hydrogen-bond donors (Lipinski definition) is 1. The van der Waals surface area contributed by atoms with Gasteiger partial charge in [0.25, 0.3) is 0 Å². The third-order valence-electron chi connectivity index (χ3n) is 4.96. The Morgan fingerprint density at radius 2 is 1.77 bits per heavy atom. The van der Waals surface area contributed by atoms with Crippen molar-refractivity contribution in [1.29, 1.82) is 0 Å². The minimum absolute atomic E-state index is 0.0533. The molecule has 0 atom stereocenters. The molecular formula is C19H19F2N3O2. The van der Waals surface area contributed by atoms with Gasteiger partial charge in [0, 0.05) is 31.3 Å². The maximum atomic E-state index is 14.3. The van der Waals surface area contributed by atoms with Crippen LogP contribution in [0.15, 0.2) is 36.5 Å². The molecular weight excluding hydrogens is 340 g/mol. The summed E-state index contributed by atoms with van der Waals surface area (Å²) in [5.74, 6) is -3.00. The summed E-state index contributed by atoms with van der Waals surface area (Å²) < 4.78 is 34.6. The van der Waals surface area contributed by atoms with Crippen LogP contribution in [0, 0.1) is 11.6 Å². The fourth-order valence-corrected chi connectivity index (χ4v) is 3.46. The van der Waals surface area contributed by atoms with Gasteiger partial charge in [-0.05, 0) is 43.2 Å². The molecule has 1 saturated heterocycles. The second-order valence-corrected chi connectivity index (χ2v) is 6.45. The van der Waals surface area contributed by atoms with Gasteiger partial charge in [0.1, 0.15) is 5.52 Å². The summed E-state index contributed by atoms with van der Waals surface area (Å²) in [4.78, 5) is 2.28. The number of methoxy groups -OCH3 is 1. The molecule has 1 fully saturated rings. The van der Waals surface area contributed by atoms with Crippen molar-refractivity contribution in [3.05, 3.63) is 48.2 Å². The van der Waals surface area contributed by atoms with Gasteiger partial charge in [-0.25, -0.2) is 13.5 Å². The molecule has 1 aliphatic heterocycles. The van der Waals surface area contributed by atoms with Crippen LogP contribution in [-0.4, -0.2) is 41.2 Å². The standard InChI is InChI=1S/C19H19F2N3O2/c1-26-15-6-8-23(9-7-15)13-2-4-14(5-3-13)24-18-12(11-22-24)10-16(20)19(25)17(18)21/h2-5,10-11,15,25H,6-9H2,1H3. The van der Waals surface area contributed by atoms with E-state index in [2.05, 4.69) is 10.00 Å². The summed E-state index contributed by atoms with van der Waals surface area (Å²) >= 11 is 0. The molecule has 26 heavy (non-hydrogen) atoms. The Labute approximate surface area is 149 Å². The molecule has 3 aromatic rings. The van der Waals surface area contributed by atoms with Crippen molar-refractivity contribution in [2.45, 2.75) is 18.9 Å². The minimum Gasteiger partial charge on any atom is -0.503 e. The first-order valence-electron chi connectivity index (χ1n) is 8.51. The third-order valence-corrected chi connectivity index (χ3v) is 4.96. The summed E-state index contributed by atoms with van der Waals surface area (Å²) in [5, 5.41) is 14.0. The van der Waals surface area contributed by atoms with Gasteiger partial charge < -0.3 is 14.7 Å². The van der Waals surface area contributed by atoms with E-state index >= 15 is 0 Å². The quantitative estimate of drug-likeness (QED) is 0.776. The number of phenols is 1. The lowest BCUT2D eigenvalue weighted by Gasteiger charge is -2.33. The van der Waals surface area contributed by atoms with Crippen LogP contribution in [0.5, 0.6) is 5.75 Å². The van der Waals surface area contributed by atoms with E-state index in [1.165, 1.54) is 10.9 Å². The Morgan fingerprint density at radius 3 is 2.42 bits per heavy atom. The van der Waals surface area contributed by atoms with E-state index in [0.717, 1.165) is 37.7 Å². The van der Waals surface area contributed by atoms with Gasteiger partial charge in [0.15, 0.2) is 17.4 Å². The number of fused-ring (bicyclic) bond motifs is 1. The fraction of sp³-hybridized carbons (Fsp3) is 0.316. The number of nitrogens with zero attached hydrogens (tertiary/aromatic N) is 3. The van der Waals surface area contributed by atoms with Crippen molar-refractivity contribution in [3.8, 4) is 11.4 Å². The molecule has 0 bridgehead atoms. The van der Waals surface area contributed by atoms with Crippen LogP contribution in [0.2, 0.25) is 0 Å². The van der Waals surface area contributed by atoms with E-state index in [9.17, 15) is 13.9 Å². The van der Waals surface area contributed by atoms with E-state index in [1.54, 1.807) is 7.11 Å². The average Bonchev–Trinajstić information content (AvgIpc) is 3.10. The van der Waals surface area contributed by atoms with Crippen molar-refractivity contribution < 1.29 is 18.6 Å². The van der Waals surface area contributed by atoms with E-state index in [4.69, 9.17) is 4.74 Å². The zero-order chi connectivity index (χ0) is 18.3. The molecule has 1 N–H and O–H groups in total. The van der Waals surface area contributed by atoms with Gasteiger partial charge in [-0.1, -0.05) is 0 Å². The first-order valence-corrected chi connectivity index (χ1v) is 8.51. The number of ether oxygens (including phenoxy) is 1. The maximum Gasteiger partial charge on any atom is 0.194 e. The topological polar surface area (TPSA) is 50.5 Å². The molecule has 0 amide bonds. The van der Waals surface area contributed by atoms with Crippen LogP contribution < -0.4 is 4.90 Å². The summed E-state index contributed by atoms with van der Waals surface area (Å²) in [6.45, 7) is 1.84. The Balaban J connectivity index is 1.64. The normalized spacial score (nSPS) is 15.7. The van der Waals surface area contributed by atoms with Gasteiger partial charge >= 0.3 is 0 Å². The van der Waals surface area contributed by atoms with E-state index in [1.807, 2.05) is 24.3 Å². The Bertz CT molecular complexity index is 932. The highest BCUT2D eigenvalue weighted by Crippen LogP contribution is 2.30. The van der Waals surface area contributed by atoms with Gasteiger partial charge in [-0.3, -0.25) is 0 Å². The van der Waals surface area contributed by atoms with Crippen molar-refractivity contribution in [2.24, 2.45) is 0 Å². The zero-order valence-electron chi connectivity index (χ0n) is 14.3. The molecule has 2 heterocycles. The van der Waals surface area contributed by atoms with Crippen LogP contribution >= 0.6 is 0 Å². The number of benzene rings is 2. The number of anilines is 1. The van der Waals surface area contributed by atoms with E-state index in [0.29, 0.717) is 17.2 Å². The van der Waals surface area contributed by atoms with Crippen LogP contribution in [0.4, 0.5) is 14.5 Å². The summed E-state index contributed by atoms with van der Waals surface area (Å²) in [6.07, 6.45) is 3.66. The second kappa shape index (κ2) is 6.57. The van der Waals surface area contributed by atoms with Crippen molar-refractivity contribution >= 4 is 16.6 Å². The number of aromatic hydroxyl groups is 1. The lowest BCUT2D eigenvalue weighted by Crippen LogP contribution is -2.36. The average molecular weight is 359 g/mol. The van der Waals surface area contributed by atoms with Crippen LogP contribution in [0.3, 0.4) is 0 Å². The number of aromatic nitrogens is 2. The van der Waals surface area contributed by atoms with Gasteiger partial charge in [0.05, 0.1) is 18.0 Å². The molecule has 0 spiro atoms. The molecule has 0 saturated carbocycles. The van der Waals surface area contributed by atoms with Gasteiger partial charge in [-0.15, -0.1) is 0 Å². The van der Waals surface area contributed by atoms with Crippen molar-refractivity contribution in [2.75, 3.05) is 25.1 Å². The van der Waals surface area contributed by atoms with Crippen LogP contribution in [-0.2, 0) is 4.74 Å². The summed E-state index contributed by atoms with van der Waals surface area (Å²) in [5.41, 5.74) is 1.77. The molecule has 7 heteroatoms. The SMILES string of the molecule is COC1CCN(c2ccc(-n3ncc4cc(F)c(O)c(F)c43)cc2)CC1. The highest BCUT2D eigenvalue weighted by atomic mass is 19.1. The van der Waals surface area contributed by atoms with Gasteiger partial charge in [-0.2, -0.15) is 5.10 Å². The third kappa shape index (κ3) is 2.78. The predicted molar refractivity (Wildman–Crippen MR) is 94.9 cm³/mol. The number of hydrogen-bond acceptors (Lipinski definition) is 4. The van der Waals surface area contributed by atoms with Crippen LogP contribution in [0.25, 0.3) is 16.6 Å². The Morgan fingerprint density at radius 1 is 1.12 bits per heavy atom. The smallest absolute Gasteiger partial charge is 0.194 e. The molecule has 2 aromatic carbocycles. The van der Waals surface area contributed by atoms with Crippen LogP contribution in [0.1, 0.15) is 12.8 Å². The predicted octanol–water partition coefficient (Wildman–Crippen LogP) is 3.62. The molecule has 5 nitrogen and oxygen atoms in total. The van der Waals surface area contributed by atoms with E-state index in [-0.39, 0.29) is 5.52 Å². The highest BCUT2D eigenvalue weighted by Gasteiger charge is 2.20. The number of rotatable bonds is 3. The molecule has 4 rings (SSSR count). The summed E-state index contributed by atoms with van der Waals surface area (Å²) in [6, 6.07) is 8.66. The molecule has 0 aliphatic carbocycles. The fourth-order valence-electron chi connectivity index (χ4n) is 3.46. The summed E-state index contributed by atoms with van der Waals surface area (Å²) in [7, 11) is 1.74. The second-order valence-electron chi connectivity index (χ2n) is 6.45. The first-order chi connectivity index (χ1) is 12.6. The van der Waals surface area contributed by atoms with E-state index < -0.39 is 17.4 Å². The Kier molecular flexibility index (Phi) is 4.24. The minimum atomic E-state index is -1.01. The largest absolute Gasteiger partial charge is 0.503 e. The molecule has 136 valence electrons. The number of halogens is 2. The number of phenolic OH excluding ortho intramolecular Hbond substituents is 1. The van der Waals surface area contributed by atoms with Crippen molar-refractivity contribution in [1.82, 2.24) is 9.78 Å². The maximum absolute atomic E-state index is 14.3. The number of piperidine rings is 1. The van der Waals surface area contributed by atoms with Gasteiger partial charge in [0.2, 0.25) is 0 Å². The molecule has 0 radical (unpaired) electrons. The Hall–Kier alpha value is -2.67. The monoisotopic (exact) mass is 359 g/mol. The molecule has 0 unspecified atom stereocenters. The lowest BCUT2D eigenvalue weighted by atomic mass is 10.1. The molecule has 1 aromatic heterocycles. The molecule has 1 aliphatic rings. The zero-order valence-corrected chi connectivity index (χ0v) is 14.3. The lowest BCUT2D eigenvalue weighted by molar-refractivity contribution is 0.0819. The first kappa shape index (κ1) is 16.8. The highest BCUT2D eigenvalue weighted by molar-refractivity contribution is 5.82. The van der Waals surface area contributed by atoms with Crippen molar-refractivity contribution in [3.63, 3.8) is 0 Å².